The number of thiazole rings is 1. The summed E-state index contributed by atoms with van der Waals surface area (Å²) in [6.45, 7) is 4.92. The van der Waals surface area contributed by atoms with Crippen LogP contribution in [0.1, 0.15) is 28.2 Å². The lowest BCUT2D eigenvalue weighted by Crippen LogP contribution is -2.18. The quantitative estimate of drug-likeness (QED) is 0.899. The Kier molecular flexibility index (Phi) is 3.80. The smallest absolute Gasteiger partial charge is 0.107 e. The molecule has 2 heterocycles. The molecule has 0 saturated heterocycles. The Morgan fingerprint density at radius 3 is 3.16 bits per heavy atom. The summed E-state index contributed by atoms with van der Waals surface area (Å²) in [7, 11) is 0. The highest BCUT2D eigenvalue weighted by molar-refractivity contribution is 7.09. The van der Waals surface area contributed by atoms with Crippen molar-refractivity contribution in [3.05, 3.63) is 45.4 Å². The first kappa shape index (κ1) is 12.6. The monoisotopic (exact) mass is 273 g/mol. The Labute approximate surface area is 118 Å². The Morgan fingerprint density at radius 2 is 2.32 bits per heavy atom. The fraction of sp³-hybridized carbons (Fsp3) is 0.400. The molecule has 2 aromatic rings. The molecule has 3 rings (SSSR count). The second kappa shape index (κ2) is 5.72. The highest BCUT2D eigenvalue weighted by Crippen LogP contribution is 2.25. The molecular formula is C15H19N3S. The van der Waals surface area contributed by atoms with E-state index in [4.69, 9.17) is 0 Å². The number of nitrogens with zero attached hydrogens (tertiary/aromatic N) is 1. The summed E-state index contributed by atoms with van der Waals surface area (Å²) >= 11 is 1.73. The molecule has 1 aliphatic heterocycles. The molecule has 2 N–H and O–H groups in total. The predicted molar refractivity (Wildman–Crippen MR) is 80.6 cm³/mol. The van der Waals surface area contributed by atoms with Crippen molar-refractivity contribution in [1.29, 1.82) is 0 Å². The van der Waals surface area contributed by atoms with Gasteiger partial charge in [0, 0.05) is 36.4 Å². The Morgan fingerprint density at radius 1 is 1.37 bits per heavy atom. The molecule has 0 bridgehead atoms. The first-order chi connectivity index (χ1) is 9.33. The van der Waals surface area contributed by atoms with Gasteiger partial charge in [0.25, 0.3) is 0 Å². The van der Waals surface area contributed by atoms with Gasteiger partial charge in [-0.3, -0.25) is 0 Å². The van der Waals surface area contributed by atoms with Crippen molar-refractivity contribution in [2.45, 2.75) is 32.9 Å². The van der Waals surface area contributed by atoms with E-state index in [1.54, 1.807) is 11.3 Å². The third-order valence-corrected chi connectivity index (χ3v) is 4.42. The summed E-state index contributed by atoms with van der Waals surface area (Å²) in [5.41, 5.74) is 5.33. The minimum atomic E-state index is 0.857. The summed E-state index contributed by atoms with van der Waals surface area (Å²) in [6, 6.07) is 6.55. The van der Waals surface area contributed by atoms with E-state index in [1.165, 1.54) is 34.7 Å². The zero-order valence-corrected chi connectivity index (χ0v) is 12.0. The largest absolute Gasteiger partial charge is 0.385 e. The number of aryl methyl sites for hydroxylation is 1. The molecule has 0 saturated carbocycles. The predicted octanol–water partition coefficient (Wildman–Crippen LogP) is 3.10. The van der Waals surface area contributed by atoms with Gasteiger partial charge in [-0.15, -0.1) is 11.3 Å². The molecule has 100 valence electrons. The molecule has 0 unspecified atom stereocenters. The molecular weight excluding hydrogens is 254 g/mol. The third-order valence-electron chi connectivity index (χ3n) is 3.45. The number of rotatable bonds is 4. The van der Waals surface area contributed by atoms with Crippen molar-refractivity contribution in [1.82, 2.24) is 10.3 Å². The van der Waals surface area contributed by atoms with Crippen LogP contribution in [0.15, 0.2) is 23.6 Å². The van der Waals surface area contributed by atoms with Crippen LogP contribution >= 0.6 is 11.3 Å². The third kappa shape index (κ3) is 2.96. The van der Waals surface area contributed by atoms with Gasteiger partial charge in [0.2, 0.25) is 0 Å². The van der Waals surface area contributed by atoms with Gasteiger partial charge in [0.15, 0.2) is 0 Å². The molecule has 4 heteroatoms. The maximum Gasteiger partial charge on any atom is 0.107 e. The molecule has 0 radical (unpaired) electrons. The maximum atomic E-state index is 4.47. The highest BCUT2D eigenvalue weighted by Gasteiger charge is 2.11. The van der Waals surface area contributed by atoms with Crippen LogP contribution in [0.2, 0.25) is 0 Å². The Balaban J connectivity index is 1.64. The molecule has 0 atom stereocenters. The van der Waals surface area contributed by atoms with Gasteiger partial charge in [-0.2, -0.15) is 0 Å². The van der Waals surface area contributed by atoms with Crippen molar-refractivity contribution in [2.75, 3.05) is 11.9 Å². The number of benzene rings is 1. The van der Waals surface area contributed by atoms with E-state index < -0.39 is 0 Å². The number of nitrogens with one attached hydrogen (secondary N) is 2. The van der Waals surface area contributed by atoms with Gasteiger partial charge in [-0.25, -0.2) is 4.98 Å². The van der Waals surface area contributed by atoms with Crippen LogP contribution in [0.5, 0.6) is 0 Å². The van der Waals surface area contributed by atoms with Crippen LogP contribution < -0.4 is 10.6 Å². The lowest BCUT2D eigenvalue weighted by molar-refractivity contribution is 0.679. The van der Waals surface area contributed by atoms with Gasteiger partial charge in [-0.1, -0.05) is 12.1 Å². The van der Waals surface area contributed by atoms with E-state index in [9.17, 15) is 0 Å². The normalized spacial score (nSPS) is 13.9. The van der Waals surface area contributed by atoms with Crippen LogP contribution in [-0.4, -0.2) is 11.5 Å². The topological polar surface area (TPSA) is 37.0 Å². The van der Waals surface area contributed by atoms with Crippen LogP contribution in [0.4, 0.5) is 5.69 Å². The van der Waals surface area contributed by atoms with Gasteiger partial charge in [-0.05, 0) is 37.0 Å². The molecule has 0 fully saturated rings. The van der Waals surface area contributed by atoms with Crippen molar-refractivity contribution in [3.63, 3.8) is 0 Å². The SMILES string of the molecule is Cc1csc(CNCc2cccc3c2CCCN3)n1. The van der Waals surface area contributed by atoms with E-state index in [0.717, 1.165) is 25.3 Å². The van der Waals surface area contributed by atoms with Gasteiger partial charge in [0.05, 0.1) is 0 Å². The minimum absolute atomic E-state index is 0.857. The van der Waals surface area contributed by atoms with Crippen LogP contribution in [0.3, 0.4) is 0 Å². The summed E-state index contributed by atoms with van der Waals surface area (Å²) in [5, 5.41) is 10.2. The van der Waals surface area contributed by atoms with Crippen LogP contribution in [-0.2, 0) is 19.5 Å². The average molecular weight is 273 g/mol. The summed E-state index contributed by atoms with van der Waals surface area (Å²) in [4.78, 5) is 4.47. The van der Waals surface area contributed by atoms with E-state index in [-0.39, 0.29) is 0 Å². The van der Waals surface area contributed by atoms with Gasteiger partial charge < -0.3 is 10.6 Å². The Bertz CT molecular complexity index is 562. The summed E-state index contributed by atoms with van der Waals surface area (Å²) < 4.78 is 0. The van der Waals surface area contributed by atoms with Gasteiger partial charge in [0.1, 0.15) is 5.01 Å². The summed E-state index contributed by atoms with van der Waals surface area (Å²) in [6.07, 6.45) is 2.42. The fourth-order valence-corrected chi connectivity index (χ4v) is 3.28. The lowest BCUT2D eigenvalue weighted by atomic mass is 9.97. The zero-order valence-electron chi connectivity index (χ0n) is 11.2. The fourth-order valence-electron chi connectivity index (χ4n) is 2.54. The minimum Gasteiger partial charge on any atom is -0.385 e. The molecule has 1 aliphatic rings. The van der Waals surface area contributed by atoms with E-state index >= 15 is 0 Å². The van der Waals surface area contributed by atoms with Crippen LogP contribution in [0.25, 0.3) is 0 Å². The summed E-state index contributed by atoms with van der Waals surface area (Å²) in [5.74, 6) is 0. The van der Waals surface area contributed by atoms with Gasteiger partial charge >= 0.3 is 0 Å². The number of hydrogen-bond acceptors (Lipinski definition) is 4. The number of anilines is 1. The van der Waals surface area contributed by atoms with Crippen molar-refractivity contribution < 1.29 is 0 Å². The highest BCUT2D eigenvalue weighted by atomic mass is 32.1. The average Bonchev–Trinajstić information content (AvgIpc) is 2.85. The number of fused-ring (bicyclic) bond motifs is 1. The van der Waals surface area contributed by atoms with Crippen LogP contribution in [0, 0.1) is 6.92 Å². The zero-order chi connectivity index (χ0) is 13.1. The molecule has 0 spiro atoms. The molecule has 3 nitrogen and oxygen atoms in total. The lowest BCUT2D eigenvalue weighted by Gasteiger charge is -2.21. The van der Waals surface area contributed by atoms with E-state index in [0.29, 0.717) is 0 Å². The van der Waals surface area contributed by atoms with Crippen molar-refractivity contribution >= 4 is 17.0 Å². The van der Waals surface area contributed by atoms with E-state index in [2.05, 4.69) is 39.2 Å². The first-order valence-corrected chi connectivity index (χ1v) is 7.67. The second-order valence-corrected chi connectivity index (χ2v) is 5.90. The Hall–Kier alpha value is -1.39. The molecule has 0 amide bonds. The van der Waals surface area contributed by atoms with Crippen molar-refractivity contribution in [3.8, 4) is 0 Å². The second-order valence-electron chi connectivity index (χ2n) is 4.96. The molecule has 1 aromatic carbocycles. The molecule has 19 heavy (non-hydrogen) atoms. The van der Waals surface area contributed by atoms with E-state index in [1.807, 2.05) is 6.92 Å². The first-order valence-electron chi connectivity index (χ1n) is 6.79. The van der Waals surface area contributed by atoms with Crippen molar-refractivity contribution in [2.24, 2.45) is 0 Å². The standard InChI is InChI=1S/C15H19N3S/c1-11-10-19-15(18-11)9-16-8-12-4-2-6-14-13(12)5-3-7-17-14/h2,4,6,10,16-17H,3,5,7-9H2,1H3. The maximum absolute atomic E-state index is 4.47. The molecule has 1 aromatic heterocycles. The molecule has 0 aliphatic carbocycles. The number of hydrogen-bond donors (Lipinski definition) is 2. The number of aromatic nitrogens is 1.